The fraction of sp³-hybridized carbons (Fsp3) is 1.00. The molecule has 90 valence electrons. The van der Waals surface area contributed by atoms with Crippen LogP contribution in [0, 0.1) is 0 Å². The third-order valence-electron chi connectivity index (χ3n) is 3.42. The molecule has 2 nitrogen and oxygen atoms in total. The summed E-state index contributed by atoms with van der Waals surface area (Å²) >= 11 is 0. The largest absolute Gasteiger partial charge is 0.317 e. The van der Waals surface area contributed by atoms with Gasteiger partial charge in [-0.15, -0.1) is 0 Å². The highest BCUT2D eigenvalue weighted by Gasteiger charge is 2.16. The molecule has 1 unspecified atom stereocenters. The first-order valence-electron chi connectivity index (χ1n) is 6.79. The molecule has 0 aromatic carbocycles. The van der Waals surface area contributed by atoms with Crippen molar-refractivity contribution in [3.63, 3.8) is 0 Å². The fourth-order valence-electron chi connectivity index (χ4n) is 2.36. The van der Waals surface area contributed by atoms with E-state index in [2.05, 4.69) is 24.1 Å². The van der Waals surface area contributed by atoms with Crippen molar-refractivity contribution in [1.29, 1.82) is 0 Å². The normalized spacial score (nSPS) is 23.2. The molecule has 0 radical (unpaired) electrons. The minimum Gasteiger partial charge on any atom is -0.317 e. The zero-order chi connectivity index (χ0) is 10.9. The Morgan fingerprint density at radius 2 is 2.07 bits per heavy atom. The highest BCUT2D eigenvalue weighted by molar-refractivity contribution is 4.72. The summed E-state index contributed by atoms with van der Waals surface area (Å²) in [6.45, 7) is 9.64. The lowest BCUT2D eigenvalue weighted by atomic mass is 10.0. The molecule has 1 aliphatic rings. The number of piperidine rings is 1. The van der Waals surface area contributed by atoms with Gasteiger partial charge in [0.1, 0.15) is 0 Å². The summed E-state index contributed by atoms with van der Waals surface area (Å²) in [6.07, 6.45) is 8.22. The fourth-order valence-corrected chi connectivity index (χ4v) is 2.36. The van der Waals surface area contributed by atoms with Gasteiger partial charge < -0.3 is 10.2 Å². The molecule has 0 spiro atoms. The number of hydrogen-bond donors (Lipinski definition) is 1. The zero-order valence-electron chi connectivity index (χ0n) is 10.6. The van der Waals surface area contributed by atoms with Crippen molar-refractivity contribution in [2.75, 3.05) is 26.2 Å². The second kappa shape index (κ2) is 8.12. The Hall–Kier alpha value is -0.0800. The predicted octanol–water partition coefficient (Wildman–Crippen LogP) is 2.64. The smallest absolute Gasteiger partial charge is 0.00669 e. The molecule has 0 aromatic rings. The maximum absolute atomic E-state index is 3.47. The van der Waals surface area contributed by atoms with Gasteiger partial charge in [-0.25, -0.2) is 0 Å². The van der Waals surface area contributed by atoms with E-state index in [1.165, 1.54) is 64.7 Å². The van der Waals surface area contributed by atoms with Gasteiger partial charge in [-0.3, -0.25) is 0 Å². The van der Waals surface area contributed by atoms with Crippen LogP contribution in [0.3, 0.4) is 0 Å². The third-order valence-corrected chi connectivity index (χ3v) is 3.42. The molecule has 0 saturated carbocycles. The molecule has 0 amide bonds. The van der Waals surface area contributed by atoms with Crippen molar-refractivity contribution in [2.24, 2.45) is 0 Å². The van der Waals surface area contributed by atoms with E-state index in [1.54, 1.807) is 0 Å². The van der Waals surface area contributed by atoms with Crippen LogP contribution in [0.1, 0.15) is 52.4 Å². The highest BCUT2D eigenvalue weighted by atomic mass is 15.1. The molecule has 1 atom stereocenters. The van der Waals surface area contributed by atoms with E-state index < -0.39 is 0 Å². The van der Waals surface area contributed by atoms with E-state index >= 15 is 0 Å². The zero-order valence-corrected chi connectivity index (χ0v) is 10.6. The first kappa shape index (κ1) is 13.0. The van der Waals surface area contributed by atoms with Gasteiger partial charge in [-0.2, -0.15) is 0 Å². The third kappa shape index (κ3) is 5.53. The Balaban J connectivity index is 1.94. The molecule has 0 aromatic heterocycles. The van der Waals surface area contributed by atoms with E-state index in [-0.39, 0.29) is 0 Å². The SMILES string of the molecule is CCCNCCCCN1CCCCC1C. The molecule has 0 bridgehead atoms. The van der Waals surface area contributed by atoms with Crippen molar-refractivity contribution in [3.05, 3.63) is 0 Å². The van der Waals surface area contributed by atoms with E-state index in [9.17, 15) is 0 Å². The topological polar surface area (TPSA) is 15.3 Å². The molecule has 0 aliphatic carbocycles. The van der Waals surface area contributed by atoms with Crippen LogP contribution < -0.4 is 5.32 Å². The first-order chi connectivity index (χ1) is 7.34. The molecule has 1 rings (SSSR count). The number of rotatable bonds is 7. The highest BCUT2D eigenvalue weighted by Crippen LogP contribution is 2.16. The van der Waals surface area contributed by atoms with Crippen molar-refractivity contribution in [2.45, 2.75) is 58.4 Å². The van der Waals surface area contributed by atoms with Crippen LogP contribution in [0.25, 0.3) is 0 Å². The number of unbranched alkanes of at least 4 members (excludes halogenated alkanes) is 1. The van der Waals surface area contributed by atoms with E-state index in [1.807, 2.05) is 0 Å². The van der Waals surface area contributed by atoms with Crippen LogP contribution in [0.4, 0.5) is 0 Å². The van der Waals surface area contributed by atoms with Crippen LogP contribution in [0.15, 0.2) is 0 Å². The second-order valence-electron chi connectivity index (χ2n) is 4.84. The Bertz CT molecular complexity index is 147. The molecule has 1 aliphatic heterocycles. The van der Waals surface area contributed by atoms with Crippen molar-refractivity contribution < 1.29 is 0 Å². The molecule has 15 heavy (non-hydrogen) atoms. The molecule has 1 heterocycles. The van der Waals surface area contributed by atoms with Crippen LogP contribution in [0.2, 0.25) is 0 Å². The molecular weight excluding hydrogens is 184 g/mol. The monoisotopic (exact) mass is 212 g/mol. The molecule has 1 N–H and O–H groups in total. The molecule has 2 heteroatoms. The minimum atomic E-state index is 0.836. The maximum atomic E-state index is 3.47. The summed E-state index contributed by atoms with van der Waals surface area (Å²) in [4.78, 5) is 2.67. The summed E-state index contributed by atoms with van der Waals surface area (Å²) in [5.74, 6) is 0. The standard InChI is InChI=1S/C13H28N2/c1-3-9-14-10-5-7-12-15-11-6-4-8-13(15)2/h13-14H,3-12H2,1-2H3. The minimum absolute atomic E-state index is 0.836. The average molecular weight is 212 g/mol. The van der Waals surface area contributed by atoms with Crippen molar-refractivity contribution in [1.82, 2.24) is 10.2 Å². The maximum Gasteiger partial charge on any atom is 0.00669 e. The predicted molar refractivity (Wildman–Crippen MR) is 67.3 cm³/mol. The van der Waals surface area contributed by atoms with Gasteiger partial charge in [0.2, 0.25) is 0 Å². The summed E-state index contributed by atoms with van der Waals surface area (Å²) < 4.78 is 0. The lowest BCUT2D eigenvalue weighted by molar-refractivity contribution is 0.158. The number of nitrogens with one attached hydrogen (secondary N) is 1. The summed E-state index contributed by atoms with van der Waals surface area (Å²) in [7, 11) is 0. The van der Waals surface area contributed by atoms with Crippen LogP contribution >= 0.6 is 0 Å². The Morgan fingerprint density at radius 3 is 2.80 bits per heavy atom. The second-order valence-corrected chi connectivity index (χ2v) is 4.84. The molecule has 1 saturated heterocycles. The van der Waals surface area contributed by atoms with E-state index in [4.69, 9.17) is 0 Å². The summed E-state index contributed by atoms with van der Waals surface area (Å²) in [5.41, 5.74) is 0. The van der Waals surface area contributed by atoms with Crippen LogP contribution in [-0.4, -0.2) is 37.1 Å². The lowest BCUT2D eigenvalue weighted by Gasteiger charge is -2.33. The van der Waals surface area contributed by atoms with Gasteiger partial charge in [0, 0.05) is 6.04 Å². The lowest BCUT2D eigenvalue weighted by Crippen LogP contribution is -2.38. The van der Waals surface area contributed by atoms with E-state index in [0.717, 1.165) is 6.04 Å². The molecule has 1 fully saturated rings. The van der Waals surface area contributed by atoms with Crippen LogP contribution in [0.5, 0.6) is 0 Å². The quantitative estimate of drug-likeness (QED) is 0.653. The molecular formula is C13H28N2. The summed E-state index contributed by atoms with van der Waals surface area (Å²) in [5, 5.41) is 3.47. The van der Waals surface area contributed by atoms with Gasteiger partial charge in [0.15, 0.2) is 0 Å². The van der Waals surface area contributed by atoms with Gasteiger partial charge in [-0.05, 0) is 65.2 Å². The van der Waals surface area contributed by atoms with Crippen molar-refractivity contribution >= 4 is 0 Å². The average Bonchev–Trinajstić information content (AvgIpc) is 2.25. The van der Waals surface area contributed by atoms with Gasteiger partial charge in [0.05, 0.1) is 0 Å². The Kier molecular flexibility index (Phi) is 7.03. The van der Waals surface area contributed by atoms with E-state index in [0.29, 0.717) is 0 Å². The number of likely N-dealkylation sites (tertiary alicyclic amines) is 1. The Morgan fingerprint density at radius 1 is 1.20 bits per heavy atom. The number of hydrogen-bond acceptors (Lipinski definition) is 2. The van der Waals surface area contributed by atoms with Gasteiger partial charge in [-0.1, -0.05) is 13.3 Å². The van der Waals surface area contributed by atoms with Crippen LogP contribution in [-0.2, 0) is 0 Å². The van der Waals surface area contributed by atoms with Gasteiger partial charge in [0.25, 0.3) is 0 Å². The van der Waals surface area contributed by atoms with Gasteiger partial charge >= 0.3 is 0 Å². The number of nitrogens with zero attached hydrogens (tertiary/aromatic N) is 1. The first-order valence-corrected chi connectivity index (χ1v) is 6.79. The van der Waals surface area contributed by atoms with Crippen molar-refractivity contribution in [3.8, 4) is 0 Å². The summed E-state index contributed by atoms with van der Waals surface area (Å²) in [6, 6.07) is 0.836. The Labute approximate surface area is 95.4 Å².